The van der Waals surface area contributed by atoms with E-state index in [-0.39, 0.29) is 0 Å². The van der Waals surface area contributed by atoms with Gasteiger partial charge in [0.1, 0.15) is 4.98 Å². The molecule has 12 heavy (non-hydrogen) atoms. The molecule has 0 radical (unpaired) electrons. The smallest absolute Gasteiger partial charge is 0.0558 e. The molecule has 0 aromatic heterocycles. The molecule has 0 heterocycles. The van der Waals surface area contributed by atoms with Crippen LogP contribution >= 0.6 is 0 Å². The Labute approximate surface area is 72.9 Å². The predicted molar refractivity (Wildman–Crippen MR) is 49.4 cm³/mol. The minimum atomic E-state index is 0.401. The number of benzene rings is 1. The van der Waals surface area contributed by atoms with Gasteiger partial charge in [0.05, 0.1) is 0 Å². The standard InChI is InChI=1S/C10H13N2/c1-7-4-8(2)10(6-12-11)9(3)5-7/h4-5H,6H2,1-3H3/q+1. The van der Waals surface area contributed by atoms with E-state index >= 15 is 0 Å². The molecule has 0 aliphatic carbocycles. The molecular formula is C10H13N2+. The first kappa shape index (κ1) is 8.73. The lowest BCUT2D eigenvalue weighted by Crippen LogP contribution is -1.92. The molecule has 0 aliphatic heterocycles. The third kappa shape index (κ3) is 1.62. The molecule has 0 saturated heterocycles. The van der Waals surface area contributed by atoms with Gasteiger partial charge in [-0.25, -0.2) is 0 Å². The zero-order chi connectivity index (χ0) is 9.14. The molecule has 0 saturated carbocycles. The number of rotatable bonds is 1. The van der Waals surface area contributed by atoms with Crippen molar-refractivity contribution in [2.75, 3.05) is 0 Å². The molecule has 1 aromatic carbocycles. The second-order valence-electron chi connectivity index (χ2n) is 3.18. The highest BCUT2D eigenvalue weighted by atomic mass is 14.8. The maximum atomic E-state index is 8.46. The molecule has 1 rings (SSSR count). The predicted octanol–water partition coefficient (Wildman–Crippen LogP) is 2.96. The summed E-state index contributed by atoms with van der Waals surface area (Å²) in [5.74, 6) is 0. The molecule has 0 amide bonds. The molecule has 62 valence electrons. The van der Waals surface area contributed by atoms with Gasteiger partial charge in [0.2, 0.25) is 5.39 Å². The summed E-state index contributed by atoms with van der Waals surface area (Å²) in [6, 6.07) is 4.21. The first-order valence-corrected chi connectivity index (χ1v) is 4.02. The second kappa shape index (κ2) is 3.36. The Bertz CT molecular complexity index is 311. The van der Waals surface area contributed by atoms with Gasteiger partial charge >= 0.3 is 6.54 Å². The Morgan fingerprint density at radius 1 is 1.17 bits per heavy atom. The van der Waals surface area contributed by atoms with E-state index in [9.17, 15) is 0 Å². The molecule has 0 aliphatic rings. The minimum absolute atomic E-state index is 0.401. The van der Waals surface area contributed by atoms with Crippen molar-refractivity contribution in [2.45, 2.75) is 27.3 Å². The van der Waals surface area contributed by atoms with E-state index in [1.54, 1.807) is 0 Å². The van der Waals surface area contributed by atoms with Gasteiger partial charge < -0.3 is 0 Å². The summed E-state index contributed by atoms with van der Waals surface area (Å²) in [7, 11) is 0. The van der Waals surface area contributed by atoms with E-state index in [0.717, 1.165) is 5.56 Å². The van der Waals surface area contributed by atoms with Crippen molar-refractivity contribution in [1.29, 1.82) is 5.39 Å². The lowest BCUT2D eigenvalue weighted by atomic mass is 10.0. The average molecular weight is 161 g/mol. The van der Waals surface area contributed by atoms with Crippen LogP contribution in [0.5, 0.6) is 0 Å². The van der Waals surface area contributed by atoms with Crippen molar-refractivity contribution in [2.24, 2.45) is 0 Å². The molecular weight excluding hydrogens is 148 g/mol. The van der Waals surface area contributed by atoms with Crippen molar-refractivity contribution in [3.05, 3.63) is 39.4 Å². The summed E-state index contributed by atoms with van der Waals surface area (Å²) >= 11 is 0. The fourth-order valence-corrected chi connectivity index (χ4v) is 1.53. The van der Waals surface area contributed by atoms with E-state index in [4.69, 9.17) is 5.39 Å². The van der Waals surface area contributed by atoms with Crippen LogP contribution < -0.4 is 0 Å². The Balaban J connectivity index is 3.21. The number of hydrogen-bond donors (Lipinski definition) is 0. The molecule has 2 nitrogen and oxygen atoms in total. The Hall–Kier alpha value is -1.36. The van der Waals surface area contributed by atoms with E-state index in [2.05, 4.69) is 24.0 Å². The third-order valence-electron chi connectivity index (χ3n) is 2.07. The maximum absolute atomic E-state index is 8.46. The fourth-order valence-electron chi connectivity index (χ4n) is 1.53. The molecule has 2 heteroatoms. The van der Waals surface area contributed by atoms with Crippen molar-refractivity contribution in [1.82, 2.24) is 0 Å². The van der Waals surface area contributed by atoms with Crippen LogP contribution in [0.2, 0.25) is 0 Å². The maximum Gasteiger partial charge on any atom is 0.331 e. The Morgan fingerprint density at radius 2 is 1.67 bits per heavy atom. The summed E-state index contributed by atoms with van der Waals surface area (Å²) in [5, 5.41) is 8.46. The topological polar surface area (TPSA) is 28.1 Å². The molecule has 1 aromatic rings. The number of hydrogen-bond acceptors (Lipinski definition) is 1. The molecule has 0 atom stereocenters. The Kier molecular flexibility index (Phi) is 2.44. The quantitative estimate of drug-likeness (QED) is 0.582. The molecule has 0 unspecified atom stereocenters. The van der Waals surface area contributed by atoms with E-state index in [1.165, 1.54) is 16.7 Å². The van der Waals surface area contributed by atoms with Crippen LogP contribution in [-0.4, -0.2) is 0 Å². The van der Waals surface area contributed by atoms with E-state index in [1.807, 2.05) is 13.8 Å². The van der Waals surface area contributed by atoms with Gasteiger partial charge in [0.15, 0.2) is 0 Å². The van der Waals surface area contributed by atoms with Gasteiger partial charge in [-0.15, -0.1) is 0 Å². The Morgan fingerprint density at radius 3 is 2.08 bits per heavy atom. The highest BCUT2D eigenvalue weighted by molar-refractivity contribution is 5.37. The number of diazo groups is 1. The summed E-state index contributed by atoms with van der Waals surface area (Å²) in [5.41, 5.74) is 4.78. The van der Waals surface area contributed by atoms with Gasteiger partial charge in [0, 0.05) is 5.56 Å². The number of nitrogens with zero attached hydrogens (tertiary/aromatic N) is 2. The summed E-state index contributed by atoms with van der Waals surface area (Å²) in [6.45, 7) is 6.55. The van der Waals surface area contributed by atoms with E-state index < -0.39 is 0 Å². The van der Waals surface area contributed by atoms with Gasteiger partial charge in [-0.1, -0.05) is 17.7 Å². The van der Waals surface area contributed by atoms with Crippen molar-refractivity contribution >= 4 is 0 Å². The van der Waals surface area contributed by atoms with Gasteiger partial charge in [-0.05, 0) is 31.9 Å². The lowest BCUT2D eigenvalue weighted by Gasteiger charge is -2.03. The summed E-state index contributed by atoms with van der Waals surface area (Å²) < 4.78 is 0. The normalized spacial score (nSPS) is 9.50. The van der Waals surface area contributed by atoms with Crippen LogP contribution in [0.15, 0.2) is 12.1 Å². The third-order valence-corrected chi connectivity index (χ3v) is 2.07. The second-order valence-corrected chi connectivity index (χ2v) is 3.18. The van der Waals surface area contributed by atoms with Crippen molar-refractivity contribution in [3.8, 4) is 0 Å². The SMILES string of the molecule is Cc1cc(C)c(C[N+]#N)c(C)c1. The lowest BCUT2D eigenvalue weighted by molar-refractivity contribution is 1.11. The molecule has 0 fully saturated rings. The van der Waals surface area contributed by atoms with Crippen LogP contribution in [0.4, 0.5) is 0 Å². The minimum Gasteiger partial charge on any atom is -0.0558 e. The molecule has 0 bridgehead atoms. The first-order chi connectivity index (χ1) is 5.65. The zero-order valence-corrected chi connectivity index (χ0v) is 7.76. The van der Waals surface area contributed by atoms with Crippen LogP contribution in [0, 0.1) is 26.2 Å². The van der Waals surface area contributed by atoms with Crippen LogP contribution in [0.25, 0.3) is 4.98 Å². The number of aryl methyl sites for hydroxylation is 3. The summed E-state index contributed by atoms with van der Waals surface area (Å²) in [4.78, 5) is 3.16. The van der Waals surface area contributed by atoms with Crippen LogP contribution in [-0.2, 0) is 6.54 Å². The highest BCUT2D eigenvalue weighted by Crippen LogP contribution is 2.16. The highest BCUT2D eigenvalue weighted by Gasteiger charge is 2.08. The monoisotopic (exact) mass is 161 g/mol. The van der Waals surface area contributed by atoms with Crippen LogP contribution in [0.3, 0.4) is 0 Å². The molecule has 0 spiro atoms. The zero-order valence-electron chi connectivity index (χ0n) is 7.76. The van der Waals surface area contributed by atoms with E-state index in [0.29, 0.717) is 6.54 Å². The van der Waals surface area contributed by atoms with Crippen LogP contribution in [0.1, 0.15) is 22.3 Å². The first-order valence-electron chi connectivity index (χ1n) is 4.02. The van der Waals surface area contributed by atoms with Crippen molar-refractivity contribution < 1.29 is 0 Å². The van der Waals surface area contributed by atoms with Crippen molar-refractivity contribution in [3.63, 3.8) is 0 Å². The van der Waals surface area contributed by atoms with Gasteiger partial charge in [-0.2, -0.15) is 0 Å². The molecule has 0 N–H and O–H groups in total. The van der Waals surface area contributed by atoms with Gasteiger partial charge in [0.25, 0.3) is 0 Å². The largest absolute Gasteiger partial charge is 0.331 e. The van der Waals surface area contributed by atoms with Gasteiger partial charge in [-0.3, -0.25) is 0 Å². The fraction of sp³-hybridized carbons (Fsp3) is 0.400. The average Bonchev–Trinajstić information content (AvgIpc) is 1.96. The summed E-state index contributed by atoms with van der Waals surface area (Å²) in [6.07, 6.45) is 0.